The van der Waals surface area contributed by atoms with Crippen LogP contribution in [0.1, 0.15) is 77.8 Å². The molecule has 0 fully saturated rings. The molecule has 12 rings (SSSR count). The summed E-state index contributed by atoms with van der Waals surface area (Å²) in [6, 6.07) is 64.0. The molecule has 1 spiro atoms. The van der Waals surface area contributed by atoms with Gasteiger partial charge in [0.05, 0.1) is 5.41 Å². The number of carboxylic acids is 1. The minimum Gasteiger partial charge on any atom is -0.477 e. The summed E-state index contributed by atoms with van der Waals surface area (Å²) in [5.74, 6) is -1.24. The van der Waals surface area contributed by atoms with Gasteiger partial charge >= 0.3 is 5.97 Å². The number of nitrogens with zero attached hydrogens (tertiary/aromatic N) is 2. The summed E-state index contributed by atoms with van der Waals surface area (Å²) in [6.45, 7) is 9.36. The van der Waals surface area contributed by atoms with Crippen molar-refractivity contribution in [3.05, 3.63) is 226 Å². The first-order chi connectivity index (χ1) is 30.5. The smallest absolute Gasteiger partial charge is 0.346 e. The SMILES string of the molecule is CC1(C)c2ccccc2-c2ccc(N(c3ccc4c(c3)C(C)(C)c3ccccc3-4)c3ccc4c(c3)C3(c5ccccc5-c5ccccc53)c3cc(/C=C(/C#N)C(=O)O)ccc3-4)cc21. The van der Waals surface area contributed by atoms with Crippen LogP contribution in [0.15, 0.2) is 175 Å². The van der Waals surface area contributed by atoms with Gasteiger partial charge in [0.1, 0.15) is 11.6 Å². The standard InChI is InChI=1S/C59H42N2O2/c1-57(2)48-17-9-5-13-40(48)44-26-22-37(31-52(44)57)61(38-23-27-45-41-14-6-10-18-49(41)58(3,4)53(45)32-38)39-24-28-47-46-25-21-35(29-36(34-60)56(62)63)30-54(46)59(55(47)33-39)50-19-11-7-15-42(50)43-16-8-12-20-51(43)59/h5-33H,1-4H3,(H,62,63)/b36-29-. The summed E-state index contributed by atoms with van der Waals surface area (Å²) < 4.78 is 0. The summed E-state index contributed by atoms with van der Waals surface area (Å²) in [6.07, 6.45) is 1.49. The van der Waals surface area contributed by atoms with Gasteiger partial charge in [-0.1, -0.05) is 155 Å². The fraction of sp³-hybridized carbons (Fsp3) is 0.119. The van der Waals surface area contributed by atoms with Crippen LogP contribution < -0.4 is 4.90 Å². The van der Waals surface area contributed by atoms with Gasteiger partial charge in [-0.05, 0) is 143 Å². The van der Waals surface area contributed by atoms with Gasteiger partial charge in [0.25, 0.3) is 0 Å². The van der Waals surface area contributed by atoms with E-state index in [9.17, 15) is 15.2 Å². The summed E-state index contributed by atoms with van der Waals surface area (Å²) in [4.78, 5) is 14.5. The van der Waals surface area contributed by atoms with Crippen molar-refractivity contribution < 1.29 is 9.90 Å². The molecule has 0 unspecified atom stereocenters. The second kappa shape index (κ2) is 12.9. The van der Waals surface area contributed by atoms with Crippen LogP contribution in [-0.2, 0) is 21.0 Å². The van der Waals surface area contributed by atoms with Crippen molar-refractivity contribution in [2.75, 3.05) is 4.90 Å². The van der Waals surface area contributed by atoms with Crippen molar-refractivity contribution in [2.24, 2.45) is 0 Å². The first kappa shape index (κ1) is 37.1. The van der Waals surface area contributed by atoms with E-state index in [0.717, 1.165) is 33.8 Å². The van der Waals surface area contributed by atoms with Gasteiger partial charge in [-0.15, -0.1) is 0 Å². The summed E-state index contributed by atoms with van der Waals surface area (Å²) in [7, 11) is 0. The number of hydrogen-bond acceptors (Lipinski definition) is 3. The van der Waals surface area contributed by atoms with E-state index in [0.29, 0.717) is 5.56 Å². The molecule has 0 saturated heterocycles. The Morgan fingerprint density at radius 2 is 0.810 bits per heavy atom. The lowest BCUT2D eigenvalue weighted by Crippen LogP contribution is -2.26. The van der Waals surface area contributed by atoms with Crippen LogP contribution in [0.5, 0.6) is 0 Å². The molecule has 0 aromatic heterocycles. The zero-order chi connectivity index (χ0) is 43.0. The van der Waals surface area contributed by atoms with E-state index >= 15 is 0 Å². The second-order valence-corrected chi connectivity index (χ2v) is 18.5. The van der Waals surface area contributed by atoms with Crippen LogP contribution >= 0.6 is 0 Å². The van der Waals surface area contributed by atoms with Crippen LogP contribution in [-0.4, -0.2) is 11.1 Å². The number of anilines is 3. The van der Waals surface area contributed by atoms with Crippen LogP contribution in [0.3, 0.4) is 0 Å². The highest BCUT2D eigenvalue weighted by atomic mass is 16.4. The number of carboxylic acid groups (broad SMARTS) is 1. The average molecular weight is 811 g/mol. The number of hydrogen-bond donors (Lipinski definition) is 1. The number of nitriles is 1. The molecule has 0 saturated carbocycles. The molecule has 4 heteroatoms. The third kappa shape index (κ3) is 4.88. The highest BCUT2D eigenvalue weighted by molar-refractivity contribution is 5.99. The van der Waals surface area contributed by atoms with Gasteiger partial charge in [-0.25, -0.2) is 4.79 Å². The van der Waals surface area contributed by atoms with Crippen molar-refractivity contribution in [2.45, 2.75) is 43.9 Å². The molecule has 4 aliphatic rings. The molecule has 1 N–H and O–H groups in total. The molecular weight excluding hydrogens is 769 g/mol. The van der Waals surface area contributed by atoms with Crippen LogP contribution in [0, 0.1) is 11.3 Å². The maximum Gasteiger partial charge on any atom is 0.346 e. The van der Waals surface area contributed by atoms with Crippen molar-refractivity contribution >= 4 is 29.1 Å². The minimum atomic E-state index is -1.24. The van der Waals surface area contributed by atoms with E-state index in [1.807, 2.05) is 12.1 Å². The highest BCUT2D eigenvalue weighted by Crippen LogP contribution is 2.64. The lowest BCUT2D eigenvalue weighted by molar-refractivity contribution is -0.132. The topological polar surface area (TPSA) is 64.3 Å². The van der Waals surface area contributed by atoms with E-state index < -0.39 is 11.4 Å². The Morgan fingerprint density at radius 3 is 1.25 bits per heavy atom. The molecule has 63 heavy (non-hydrogen) atoms. The summed E-state index contributed by atoms with van der Waals surface area (Å²) >= 11 is 0. The molecule has 0 bridgehead atoms. The summed E-state index contributed by atoms with van der Waals surface area (Å²) in [5.41, 5.74) is 22.2. The van der Waals surface area contributed by atoms with Gasteiger partial charge < -0.3 is 10.0 Å². The molecule has 8 aromatic carbocycles. The monoisotopic (exact) mass is 810 g/mol. The van der Waals surface area contributed by atoms with Crippen LogP contribution in [0.25, 0.3) is 50.6 Å². The third-order valence-electron chi connectivity index (χ3n) is 14.7. The Labute approximate surface area is 367 Å². The third-order valence-corrected chi connectivity index (χ3v) is 14.7. The molecule has 0 heterocycles. The Balaban J connectivity index is 1.12. The van der Waals surface area contributed by atoms with Crippen LogP contribution in [0.2, 0.25) is 0 Å². The first-order valence-corrected chi connectivity index (χ1v) is 21.7. The maximum absolute atomic E-state index is 12.1. The number of carbonyl (C=O) groups is 1. The minimum absolute atomic E-state index is 0.186. The fourth-order valence-corrected chi connectivity index (χ4v) is 11.8. The predicted octanol–water partition coefficient (Wildman–Crippen LogP) is 14.1. The molecular formula is C59H42N2O2. The largest absolute Gasteiger partial charge is 0.477 e. The zero-order valence-electron chi connectivity index (χ0n) is 35.5. The Morgan fingerprint density at radius 1 is 0.460 bits per heavy atom. The maximum atomic E-state index is 12.1. The fourth-order valence-electron chi connectivity index (χ4n) is 11.8. The van der Waals surface area contributed by atoms with Gasteiger partial charge in [0.15, 0.2) is 0 Å². The second-order valence-electron chi connectivity index (χ2n) is 18.5. The normalized spacial score (nSPS) is 15.6. The van der Waals surface area contributed by atoms with Crippen molar-refractivity contribution in [3.63, 3.8) is 0 Å². The summed E-state index contributed by atoms with van der Waals surface area (Å²) in [5, 5.41) is 19.6. The molecule has 0 atom stereocenters. The number of rotatable bonds is 5. The number of aliphatic carboxylic acids is 1. The van der Waals surface area contributed by atoms with Gasteiger partial charge in [0.2, 0.25) is 0 Å². The van der Waals surface area contributed by atoms with Crippen molar-refractivity contribution in [1.82, 2.24) is 0 Å². The molecule has 0 aliphatic heterocycles. The Bertz CT molecular complexity index is 3260. The molecule has 0 radical (unpaired) electrons. The average Bonchev–Trinajstić information content (AvgIpc) is 3.93. The van der Waals surface area contributed by atoms with Gasteiger partial charge in [0, 0.05) is 27.9 Å². The molecule has 8 aromatic rings. The molecule has 4 aliphatic carbocycles. The van der Waals surface area contributed by atoms with E-state index in [2.05, 4.69) is 196 Å². The van der Waals surface area contributed by atoms with Gasteiger partial charge in [-0.2, -0.15) is 5.26 Å². The Kier molecular flexibility index (Phi) is 7.58. The zero-order valence-corrected chi connectivity index (χ0v) is 35.5. The lowest BCUT2D eigenvalue weighted by atomic mass is 9.70. The number of fused-ring (bicyclic) bond motifs is 16. The van der Waals surface area contributed by atoms with E-state index in [-0.39, 0.29) is 16.4 Å². The molecule has 4 nitrogen and oxygen atoms in total. The van der Waals surface area contributed by atoms with E-state index in [1.54, 1.807) is 0 Å². The van der Waals surface area contributed by atoms with Crippen LogP contribution in [0.4, 0.5) is 17.1 Å². The first-order valence-electron chi connectivity index (χ1n) is 21.7. The van der Waals surface area contributed by atoms with Gasteiger partial charge in [-0.3, -0.25) is 0 Å². The van der Waals surface area contributed by atoms with Crippen molar-refractivity contribution in [3.8, 4) is 50.6 Å². The van der Waals surface area contributed by atoms with E-state index in [4.69, 9.17) is 0 Å². The quantitative estimate of drug-likeness (QED) is 0.139. The van der Waals surface area contributed by atoms with E-state index in [1.165, 1.54) is 78.4 Å². The van der Waals surface area contributed by atoms with Crippen molar-refractivity contribution in [1.29, 1.82) is 5.26 Å². The Hall–Kier alpha value is -7.74. The molecule has 0 amide bonds. The highest BCUT2D eigenvalue weighted by Gasteiger charge is 2.52. The number of benzene rings is 8. The molecule has 300 valence electrons. The lowest BCUT2D eigenvalue weighted by Gasteiger charge is -2.33. The predicted molar refractivity (Wildman–Crippen MR) is 254 cm³/mol.